The third-order valence-electron chi connectivity index (χ3n) is 1.62. The molecule has 0 spiro atoms. The van der Waals surface area contributed by atoms with Gasteiger partial charge >= 0.3 is 0 Å². The van der Waals surface area contributed by atoms with Gasteiger partial charge in [-0.1, -0.05) is 15.9 Å². The lowest BCUT2D eigenvalue weighted by Crippen LogP contribution is -2.30. The summed E-state index contributed by atoms with van der Waals surface area (Å²) in [6.45, 7) is 2.71. The summed E-state index contributed by atoms with van der Waals surface area (Å²) in [6.07, 6.45) is 2.58. The van der Waals surface area contributed by atoms with Gasteiger partial charge in [0.1, 0.15) is 0 Å². The predicted molar refractivity (Wildman–Crippen MR) is 44.1 cm³/mol. The smallest absolute Gasteiger partial charge is 0.233 e. The number of amides is 1. The molecule has 1 N–H and O–H groups in total. The number of carbonyl (C=O) groups is 1. The van der Waals surface area contributed by atoms with Gasteiger partial charge in [0, 0.05) is 6.54 Å². The van der Waals surface area contributed by atoms with Crippen LogP contribution in [0.25, 0.3) is 0 Å². The average Bonchev–Trinajstić information content (AvgIpc) is 2.64. The first-order valence-electron chi connectivity index (χ1n) is 3.62. The molecule has 1 fully saturated rings. The van der Waals surface area contributed by atoms with E-state index >= 15 is 0 Å². The number of hydrogen-bond acceptors (Lipinski definition) is 1. The van der Waals surface area contributed by atoms with Crippen LogP contribution in [0.2, 0.25) is 0 Å². The van der Waals surface area contributed by atoms with Crippen LogP contribution in [-0.2, 0) is 4.79 Å². The molecule has 0 aromatic rings. The Hall–Kier alpha value is -0.0500. The molecule has 0 radical (unpaired) electrons. The minimum absolute atomic E-state index is 0.0498. The summed E-state index contributed by atoms with van der Waals surface area (Å²) in [7, 11) is 0. The second-order valence-corrected chi connectivity index (χ2v) is 4.18. The van der Waals surface area contributed by atoms with Crippen LogP contribution >= 0.6 is 15.9 Å². The van der Waals surface area contributed by atoms with Gasteiger partial charge in [-0.05, 0) is 25.7 Å². The van der Waals surface area contributed by atoms with Gasteiger partial charge in [-0.3, -0.25) is 4.79 Å². The molecule has 1 saturated carbocycles. The Morgan fingerprint density at radius 1 is 1.80 bits per heavy atom. The second kappa shape index (κ2) is 3.37. The number of nitrogens with one attached hydrogen (secondary N) is 1. The predicted octanol–water partition coefficient (Wildman–Crippen LogP) is 1.30. The average molecular weight is 206 g/mol. The highest BCUT2D eigenvalue weighted by molar-refractivity contribution is 9.10. The summed E-state index contributed by atoms with van der Waals surface area (Å²) in [5.41, 5.74) is 0. The van der Waals surface area contributed by atoms with Gasteiger partial charge in [-0.25, -0.2) is 0 Å². The molecule has 10 heavy (non-hydrogen) atoms. The Balaban J connectivity index is 2.05. The van der Waals surface area contributed by atoms with Crippen LogP contribution in [-0.4, -0.2) is 17.3 Å². The van der Waals surface area contributed by atoms with Gasteiger partial charge in [0.15, 0.2) is 0 Å². The monoisotopic (exact) mass is 205 g/mol. The van der Waals surface area contributed by atoms with Crippen molar-refractivity contribution in [2.45, 2.75) is 24.6 Å². The van der Waals surface area contributed by atoms with Crippen LogP contribution < -0.4 is 5.32 Å². The Morgan fingerprint density at radius 3 is 2.80 bits per heavy atom. The van der Waals surface area contributed by atoms with Gasteiger partial charge in [0.05, 0.1) is 4.83 Å². The van der Waals surface area contributed by atoms with E-state index in [1.807, 2.05) is 6.92 Å². The topological polar surface area (TPSA) is 29.1 Å². The number of halogens is 1. The zero-order valence-corrected chi connectivity index (χ0v) is 7.65. The van der Waals surface area contributed by atoms with Crippen LogP contribution in [0.4, 0.5) is 0 Å². The van der Waals surface area contributed by atoms with Gasteiger partial charge in [0.25, 0.3) is 0 Å². The van der Waals surface area contributed by atoms with Crippen molar-refractivity contribution in [1.29, 1.82) is 0 Å². The highest BCUT2D eigenvalue weighted by Gasteiger charge is 2.22. The largest absolute Gasteiger partial charge is 0.355 e. The summed E-state index contributed by atoms with van der Waals surface area (Å²) >= 11 is 3.20. The molecular formula is C7H12BrNO. The third kappa shape index (κ3) is 2.69. The fourth-order valence-electron chi connectivity index (χ4n) is 0.708. The second-order valence-electron chi connectivity index (χ2n) is 2.80. The van der Waals surface area contributed by atoms with Crippen molar-refractivity contribution in [2.24, 2.45) is 5.92 Å². The van der Waals surface area contributed by atoms with E-state index < -0.39 is 0 Å². The zero-order valence-electron chi connectivity index (χ0n) is 6.06. The number of rotatable bonds is 3. The van der Waals surface area contributed by atoms with Crippen LogP contribution in [0.1, 0.15) is 19.8 Å². The fraction of sp³-hybridized carbons (Fsp3) is 0.857. The van der Waals surface area contributed by atoms with Crippen molar-refractivity contribution in [3.63, 3.8) is 0 Å². The first kappa shape index (κ1) is 8.05. The van der Waals surface area contributed by atoms with Gasteiger partial charge in [0.2, 0.25) is 5.91 Å². The summed E-state index contributed by atoms with van der Waals surface area (Å²) < 4.78 is 0. The Labute approximate surface area is 69.5 Å². The van der Waals surface area contributed by atoms with Crippen molar-refractivity contribution >= 4 is 21.8 Å². The summed E-state index contributed by atoms with van der Waals surface area (Å²) in [4.78, 5) is 10.9. The molecule has 0 unspecified atom stereocenters. The van der Waals surface area contributed by atoms with Crippen molar-refractivity contribution < 1.29 is 4.79 Å². The number of alkyl halides is 1. The zero-order chi connectivity index (χ0) is 7.56. The van der Waals surface area contributed by atoms with E-state index in [2.05, 4.69) is 21.2 Å². The molecule has 1 aliphatic rings. The van der Waals surface area contributed by atoms with Gasteiger partial charge in [-0.2, -0.15) is 0 Å². The molecule has 1 aliphatic carbocycles. The van der Waals surface area contributed by atoms with Crippen LogP contribution in [0.3, 0.4) is 0 Å². The number of hydrogen-bond donors (Lipinski definition) is 1. The summed E-state index contributed by atoms with van der Waals surface area (Å²) in [6, 6.07) is 0. The maximum absolute atomic E-state index is 10.9. The van der Waals surface area contributed by atoms with E-state index in [0.717, 1.165) is 12.5 Å². The molecule has 0 heterocycles. The molecule has 0 aromatic carbocycles. The molecule has 2 nitrogen and oxygen atoms in total. The first-order valence-corrected chi connectivity index (χ1v) is 4.53. The lowest BCUT2D eigenvalue weighted by Gasteiger charge is -2.04. The minimum atomic E-state index is -0.0498. The van der Waals surface area contributed by atoms with Crippen molar-refractivity contribution in [1.82, 2.24) is 5.32 Å². The van der Waals surface area contributed by atoms with Gasteiger partial charge in [-0.15, -0.1) is 0 Å². The Kier molecular flexibility index (Phi) is 2.72. The third-order valence-corrected chi connectivity index (χ3v) is 2.04. The van der Waals surface area contributed by atoms with E-state index in [1.165, 1.54) is 12.8 Å². The van der Waals surface area contributed by atoms with Crippen LogP contribution in [0.15, 0.2) is 0 Å². The minimum Gasteiger partial charge on any atom is -0.355 e. The van der Waals surface area contributed by atoms with Crippen LogP contribution in [0.5, 0.6) is 0 Å². The lowest BCUT2D eigenvalue weighted by molar-refractivity contribution is -0.120. The van der Waals surface area contributed by atoms with Gasteiger partial charge < -0.3 is 5.32 Å². The maximum Gasteiger partial charge on any atom is 0.233 e. The van der Waals surface area contributed by atoms with E-state index in [0.29, 0.717) is 0 Å². The molecular weight excluding hydrogens is 194 g/mol. The van der Waals surface area contributed by atoms with E-state index in [1.54, 1.807) is 0 Å². The van der Waals surface area contributed by atoms with Crippen molar-refractivity contribution in [3.05, 3.63) is 0 Å². The highest BCUT2D eigenvalue weighted by Crippen LogP contribution is 2.27. The Bertz CT molecular complexity index is 132. The number of carbonyl (C=O) groups excluding carboxylic acids is 1. The molecule has 1 amide bonds. The summed E-state index contributed by atoms with van der Waals surface area (Å²) in [5.74, 6) is 0.877. The first-order chi connectivity index (χ1) is 4.70. The normalized spacial score (nSPS) is 20.2. The molecule has 1 rings (SSSR count). The van der Waals surface area contributed by atoms with E-state index in [4.69, 9.17) is 0 Å². The highest BCUT2D eigenvalue weighted by atomic mass is 79.9. The van der Waals surface area contributed by atoms with E-state index in [9.17, 15) is 4.79 Å². The van der Waals surface area contributed by atoms with Crippen molar-refractivity contribution in [3.8, 4) is 0 Å². The quantitative estimate of drug-likeness (QED) is 0.692. The molecule has 0 saturated heterocycles. The molecule has 58 valence electrons. The lowest BCUT2D eigenvalue weighted by atomic mass is 10.4. The van der Waals surface area contributed by atoms with Crippen molar-refractivity contribution in [2.75, 3.05) is 6.54 Å². The summed E-state index contributed by atoms with van der Waals surface area (Å²) in [5, 5.41) is 2.86. The standard InChI is InChI=1S/C7H12BrNO/c1-5(8)7(10)9-4-6-2-3-6/h5-6H,2-4H2,1H3,(H,9,10)/t5-/m0/s1. The molecule has 0 aliphatic heterocycles. The Morgan fingerprint density at radius 2 is 2.40 bits per heavy atom. The molecule has 1 atom stereocenters. The molecule has 0 aromatic heterocycles. The maximum atomic E-state index is 10.9. The molecule has 3 heteroatoms. The van der Waals surface area contributed by atoms with E-state index in [-0.39, 0.29) is 10.7 Å². The fourth-order valence-corrected chi connectivity index (χ4v) is 0.869. The van der Waals surface area contributed by atoms with Crippen LogP contribution in [0, 0.1) is 5.92 Å². The molecule has 0 bridgehead atoms. The SMILES string of the molecule is C[C@H](Br)C(=O)NCC1CC1.